The zero-order valence-electron chi connectivity index (χ0n) is 51.5. The van der Waals surface area contributed by atoms with Crippen LogP contribution in [0.5, 0.6) is 0 Å². The molecule has 0 unspecified atom stereocenters. The van der Waals surface area contributed by atoms with E-state index in [4.69, 9.17) is 15.0 Å². The highest BCUT2D eigenvalue weighted by Crippen LogP contribution is 2.67. The van der Waals surface area contributed by atoms with E-state index in [2.05, 4.69) is 380 Å². The van der Waals surface area contributed by atoms with Gasteiger partial charge in [-0.15, -0.1) is 0 Å². The molecule has 0 atom stereocenters. The zero-order chi connectivity index (χ0) is 62.4. The normalized spacial score (nSPS) is 14.9. The van der Waals surface area contributed by atoms with Gasteiger partial charge in [0, 0.05) is 67.5 Å². The molecule has 18 rings (SSSR count). The van der Waals surface area contributed by atoms with Crippen LogP contribution in [-0.2, 0) is 10.8 Å². The Bertz CT molecular complexity index is 5010. The Morgan fingerprint density at radius 1 is 0.170 bits per heavy atom. The number of nitrogens with zero attached hydrogens (tertiary/aromatic N) is 5. The molecular weight excluding hydrogens is 1140 g/mol. The van der Waals surface area contributed by atoms with E-state index in [9.17, 15) is 0 Å². The summed E-state index contributed by atoms with van der Waals surface area (Å²) in [6.07, 6.45) is 0. The highest BCUT2D eigenvalue weighted by molar-refractivity contribution is 5.89. The molecule has 12 aromatic carbocycles. The van der Waals surface area contributed by atoms with Crippen molar-refractivity contribution in [2.24, 2.45) is 0 Å². The van der Waals surface area contributed by atoms with E-state index in [1.54, 1.807) is 0 Å². The maximum atomic E-state index is 5.48. The topological polar surface area (TPSA) is 45.2 Å². The molecule has 15 aromatic rings. The Labute approximate surface area is 548 Å². The molecule has 3 aliphatic carbocycles. The van der Waals surface area contributed by atoms with Crippen LogP contribution in [0.4, 0.5) is 34.1 Å². The summed E-state index contributed by atoms with van der Waals surface area (Å²) in [7, 11) is 0. The average molecular weight is 1200 g/mol. The quantitative estimate of drug-likeness (QED) is 0.109. The molecule has 0 saturated heterocycles. The third kappa shape index (κ3) is 9.44. The SMILES string of the molecule is c1ccc(-c2cccc(-c3ccc4c(c3)C3(c5ccc(N(c6ccccc6)c6ccccc6)cc5)c5ccc(-c6cccc(-c7ccccc7)n6)cc5C4(c4ccc(N(c5ccccc5)c5ccccc5)cc4)c4cc(-c5cccc(-c6ccccc6)n5)ccc43)n2)cc1. The Kier molecular flexibility index (Phi) is 13.9. The van der Waals surface area contributed by atoms with Crippen LogP contribution in [0.15, 0.2) is 370 Å². The van der Waals surface area contributed by atoms with Crippen LogP contribution in [0.1, 0.15) is 44.5 Å². The number of rotatable bonds is 14. The van der Waals surface area contributed by atoms with Gasteiger partial charge in [-0.3, -0.25) is 0 Å². The molecule has 0 amide bonds. The minimum atomic E-state index is -0.917. The molecule has 5 nitrogen and oxygen atoms in total. The Morgan fingerprint density at radius 2 is 0.394 bits per heavy atom. The molecule has 0 aliphatic heterocycles. The van der Waals surface area contributed by atoms with Gasteiger partial charge >= 0.3 is 0 Å². The summed E-state index contributed by atoms with van der Waals surface area (Å²) in [6, 6.07) is 134. The number of hydrogen-bond donors (Lipinski definition) is 0. The van der Waals surface area contributed by atoms with Gasteiger partial charge in [0.05, 0.1) is 45.0 Å². The van der Waals surface area contributed by atoms with Gasteiger partial charge in [-0.1, -0.05) is 243 Å². The number of benzene rings is 12. The molecule has 2 bridgehead atoms. The number of anilines is 6. The van der Waals surface area contributed by atoms with Crippen LogP contribution in [0.25, 0.3) is 67.5 Å². The summed E-state index contributed by atoms with van der Waals surface area (Å²) in [5.41, 5.74) is 25.8. The first-order chi connectivity index (χ1) is 46.6. The molecule has 94 heavy (non-hydrogen) atoms. The molecule has 3 aliphatic rings. The lowest BCUT2D eigenvalue weighted by Gasteiger charge is -2.57. The van der Waals surface area contributed by atoms with Gasteiger partial charge < -0.3 is 9.80 Å². The van der Waals surface area contributed by atoms with E-state index in [0.29, 0.717) is 0 Å². The maximum Gasteiger partial charge on any atom is 0.0711 e. The molecule has 5 heteroatoms. The van der Waals surface area contributed by atoms with Crippen LogP contribution < -0.4 is 9.80 Å². The number of para-hydroxylation sites is 4. The Hall–Kier alpha value is -12.3. The van der Waals surface area contributed by atoms with Crippen molar-refractivity contribution in [3.8, 4) is 67.5 Å². The van der Waals surface area contributed by atoms with Crippen molar-refractivity contribution in [2.75, 3.05) is 9.80 Å². The summed E-state index contributed by atoms with van der Waals surface area (Å²) < 4.78 is 0. The second-order valence-corrected chi connectivity index (χ2v) is 24.2. The van der Waals surface area contributed by atoms with Gasteiger partial charge in [0.2, 0.25) is 0 Å². The van der Waals surface area contributed by atoms with Crippen molar-refractivity contribution in [1.29, 1.82) is 0 Å². The lowest BCUT2D eigenvalue weighted by molar-refractivity contribution is 0.558. The predicted molar refractivity (Wildman–Crippen MR) is 386 cm³/mol. The van der Waals surface area contributed by atoms with E-state index < -0.39 is 10.8 Å². The predicted octanol–water partition coefficient (Wildman–Crippen LogP) is 22.2. The third-order valence-corrected chi connectivity index (χ3v) is 19.0. The standard InChI is InChI=1S/C89H61N5/c1-8-25-62(26-9-1)82-39-22-42-85(90-82)65-47-58-78-79(59-65)88(68-48-52-74(53-49-68)93(70-31-14-4-15-32-70)71-33-16-5-17-34-71)76-56-45-66(86-43-23-40-83(91-86)63-27-10-2-11-28-63)60-80(76)89(78,69-50-54-75(55-51-69)94(72-35-18-6-19-36-72)73-37-20-7-21-38-73)81-61-67(46-57-77(81)88)87-44-24-41-84(92-87)64-29-12-3-13-30-64/h1-61H. The van der Waals surface area contributed by atoms with Crippen molar-refractivity contribution < 1.29 is 0 Å². The van der Waals surface area contributed by atoms with Gasteiger partial charge in [-0.2, -0.15) is 0 Å². The molecule has 3 heterocycles. The lowest BCUT2D eigenvalue weighted by Crippen LogP contribution is -2.52. The first-order valence-electron chi connectivity index (χ1n) is 32.1. The van der Waals surface area contributed by atoms with E-state index in [0.717, 1.165) is 113 Å². The van der Waals surface area contributed by atoms with Crippen molar-refractivity contribution in [3.05, 3.63) is 415 Å². The van der Waals surface area contributed by atoms with Crippen molar-refractivity contribution in [1.82, 2.24) is 15.0 Å². The van der Waals surface area contributed by atoms with Gasteiger partial charge in [0.15, 0.2) is 0 Å². The molecule has 0 spiro atoms. The fraction of sp³-hybridized carbons (Fsp3) is 0.0225. The molecule has 0 N–H and O–H groups in total. The fourth-order valence-electron chi connectivity index (χ4n) is 14.8. The van der Waals surface area contributed by atoms with Crippen LogP contribution in [0.3, 0.4) is 0 Å². The minimum Gasteiger partial charge on any atom is -0.311 e. The van der Waals surface area contributed by atoms with Gasteiger partial charge in [-0.05, 0) is 172 Å². The number of pyridine rings is 3. The highest BCUT2D eigenvalue weighted by Gasteiger charge is 2.60. The second kappa shape index (κ2) is 23.5. The largest absolute Gasteiger partial charge is 0.311 e. The Balaban J connectivity index is 0.970. The van der Waals surface area contributed by atoms with E-state index in [1.165, 1.54) is 33.4 Å². The fourth-order valence-corrected chi connectivity index (χ4v) is 14.8. The van der Waals surface area contributed by atoms with Gasteiger partial charge in [-0.25, -0.2) is 15.0 Å². The van der Waals surface area contributed by atoms with Crippen LogP contribution in [0.2, 0.25) is 0 Å². The summed E-state index contributed by atoms with van der Waals surface area (Å²) in [5, 5.41) is 0. The van der Waals surface area contributed by atoms with Crippen LogP contribution in [-0.4, -0.2) is 15.0 Å². The highest BCUT2D eigenvalue weighted by atomic mass is 15.1. The zero-order valence-corrected chi connectivity index (χ0v) is 51.5. The number of aromatic nitrogens is 3. The van der Waals surface area contributed by atoms with Crippen LogP contribution >= 0.6 is 0 Å². The minimum absolute atomic E-state index is 0.884. The second-order valence-electron chi connectivity index (χ2n) is 24.2. The molecule has 0 radical (unpaired) electrons. The van der Waals surface area contributed by atoms with E-state index in [1.807, 2.05) is 0 Å². The first-order valence-corrected chi connectivity index (χ1v) is 32.1. The summed E-state index contributed by atoms with van der Waals surface area (Å²) >= 11 is 0. The third-order valence-electron chi connectivity index (χ3n) is 19.0. The van der Waals surface area contributed by atoms with Gasteiger partial charge in [0.1, 0.15) is 0 Å². The summed E-state index contributed by atoms with van der Waals surface area (Å²) in [4.78, 5) is 21.1. The van der Waals surface area contributed by atoms with Crippen LogP contribution in [0, 0.1) is 0 Å². The van der Waals surface area contributed by atoms with E-state index >= 15 is 0 Å². The van der Waals surface area contributed by atoms with Gasteiger partial charge in [0.25, 0.3) is 0 Å². The lowest BCUT2D eigenvalue weighted by atomic mass is 9.44. The summed E-state index contributed by atoms with van der Waals surface area (Å²) in [6.45, 7) is 0. The van der Waals surface area contributed by atoms with Crippen molar-refractivity contribution in [3.63, 3.8) is 0 Å². The first kappa shape index (κ1) is 55.7. The average Bonchev–Trinajstić information content (AvgIpc) is 0.647. The smallest absolute Gasteiger partial charge is 0.0711 e. The molecule has 0 saturated carbocycles. The summed E-state index contributed by atoms with van der Waals surface area (Å²) in [5.74, 6) is 0. The Morgan fingerprint density at radius 3 is 0.660 bits per heavy atom. The molecule has 442 valence electrons. The molecule has 3 aromatic heterocycles. The molecular formula is C89H61N5. The number of hydrogen-bond acceptors (Lipinski definition) is 5. The van der Waals surface area contributed by atoms with E-state index in [-0.39, 0.29) is 0 Å². The molecule has 0 fully saturated rings. The van der Waals surface area contributed by atoms with Crippen molar-refractivity contribution in [2.45, 2.75) is 10.8 Å². The maximum absolute atomic E-state index is 5.48. The monoisotopic (exact) mass is 1200 g/mol. The van der Waals surface area contributed by atoms with Crippen molar-refractivity contribution >= 4 is 34.1 Å².